The average molecular weight is 387 g/mol. The minimum Gasteiger partial charge on any atom is -0.465 e. The van der Waals surface area contributed by atoms with E-state index in [-0.39, 0.29) is 17.9 Å². The van der Waals surface area contributed by atoms with Crippen molar-refractivity contribution >= 4 is 39.9 Å². The molecular weight excluding hydrogens is 366 g/mol. The van der Waals surface area contributed by atoms with Crippen molar-refractivity contribution in [2.45, 2.75) is 12.8 Å². The zero-order chi connectivity index (χ0) is 19.2. The summed E-state index contributed by atoms with van der Waals surface area (Å²) in [5, 5.41) is 8.32. The first-order valence-corrected chi connectivity index (χ1v) is 9.54. The van der Waals surface area contributed by atoms with Crippen LogP contribution in [0.25, 0.3) is 0 Å². The molecule has 1 fully saturated rings. The van der Waals surface area contributed by atoms with Crippen LogP contribution in [0.3, 0.4) is 0 Å². The van der Waals surface area contributed by atoms with E-state index in [0.717, 1.165) is 11.4 Å². The lowest BCUT2D eigenvalue weighted by molar-refractivity contribution is -0.121. The van der Waals surface area contributed by atoms with Gasteiger partial charge in [0.15, 0.2) is 0 Å². The quantitative estimate of drug-likeness (QED) is 0.787. The van der Waals surface area contributed by atoms with Crippen LogP contribution >= 0.6 is 11.3 Å². The predicted octanol–water partition coefficient (Wildman–Crippen LogP) is 3.42. The molecule has 0 spiro atoms. The van der Waals surface area contributed by atoms with Crippen molar-refractivity contribution in [3.63, 3.8) is 0 Å². The molecule has 1 aromatic carbocycles. The van der Waals surface area contributed by atoms with Crippen LogP contribution in [-0.4, -0.2) is 43.0 Å². The molecule has 27 heavy (non-hydrogen) atoms. The topological polar surface area (TPSA) is 87.7 Å². The van der Waals surface area contributed by atoms with Crippen LogP contribution in [0, 0.1) is 5.92 Å². The number of carbonyl (C=O) groups excluding carboxylic acids is 3. The van der Waals surface area contributed by atoms with Crippen LogP contribution in [0.1, 0.15) is 23.2 Å². The first-order chi connectivity index (χ1) is 13.1. The molecule has 0 bridgehead atoms. The number of piperidine rings is 1. The smallest absolute Gasteiger partial charge is 0.339 e. The van der Waals surface area contributed by atoms with Gasteiger partial charge in [-0.05, 0) is 42.5 Å². The minimum atomic E-state index is -0.508. The van der Waals surface area contributed by atoms with Crippen molar-refractivity contribution in [3.8, 4) is 0 Å². The van der Waals surface area contributed by atoms with E-state index >= 15 is 0 Å². The molecule has 142 valence electrons. The number of para-hydroxylation sites is 1. The Morgan fingerprint density at radius 3 is 2.70 bits per heavy atom. The number of esters is 1. The second-order valence-electron chi connectivity index (χ2n) is 6.22. The van der Waals surface area contributed by atoms with Gasteiger partial charge in [0.1, 0.15) is 0 Å². The van der Waals surface area contributed by atoms with Gasteiger partial charge in [0, 0.05) is 13.1 Å². The van der Waals surface area contributed by atoms with E-state index < -0.39 is 5.97 Å². The Morgan fingerprint density at radius 1 is 1.15 bits per heavy atom. The van der Waals surface area contributed by atoms with Crippen LogP contribution in [0.2, 0.25) is 0 Å². The molecule has 0 aliphatic carbocycles. The number of benzene rings is 1. The average Bonchev–Trinajstić information content (AvgIpc) is 3.21. The third kappa shape index (κ3) is 4.65. The highest BCUT2D eigenvalue weighted by molar-refractivity contribution is 7.14. The number of likely N-dealkylation sites (tertiary alicyclic amines) is 1. The molecule has 1 atom stereocenters. The summed E-state index contributed by atoms with van der Waals surface area (Å²) in [5.74, 6) is -1.05. The van der Waals surface area contributed by atoms with Gasteiger partial charge in [0.2, 0.25) is 5.91 Å². The predicted molar refractivity (Wildman–Crippen MR) is 104 cm³/mol. The molecule has 3 amide bonds. The summed E-state index contributed by atoms with van der Waals surface area (Å²) in [6, 6.07) is 10.2. The van der Waals surface area contributed by atoms with E-state index in [1.165, 1.54) is 18.4 Å². The highest BCUT2D eigenvalue weighted by atomic mass is 32.1. The fraction of sp³-hybridized carbons (Fsp3) is 0.316. The number of rotatable bonds is 4. The molecule has 1 aromatic heterocycles. The maximum Gasteiger partial charge on any atom is 0.339 e. The number of nitrogens with one attached hydrogen (secondary N) is 2. The Bertz CT molecular complexity index is 822. The summed E-state index contributed by atoms with van der Waals surface area (Å²) >= 11 is 1.45. The maximum atomic E-state index is 12.7. The highest BCUT2D eigenvalue weighted by Crippen LogP contribution is 2.23. The van der Waals surface area contributed by atoms with Gasteiger partial charge in [-0.25, -0.2) is 9.59 Å². The molecule has 0 saturated carbocycles. The van der Waals surface area contributed by atoms with Gasteiger partial charge < -0.3 is 15.0 Å². The Kier molecular flexibility index (Phi) is 6.08. The Balaban J connectivity index is 1.63. The molecular formula is C19H21N3O4S. The van der Waals surface area contributed by atoms with Gasteiger partial charge in [0.25, 0.3) is 0 Å². The number of ether oxygens (including phenoxy) is 1. The Hall–Kier alpha value is -2.87. The van der Waals surface area contributed by atoms with Crippen LogP contribution in [0.15, 0.2) is 41.8 Å². The van der Waals surface area contributed by atoms with Gasteiger partial charge in [-0.15, -0.1) is 11.3 Å². The van der Waals surface area contributed by atoms with Crippen molar-refractivity contribution in [1.29, 1.82) is 0 Å². The Labute approximate surface area is 161 Å². The lowest BCUT2D eigenvalue weighted by Gasteiger charge is -2.32. The minimum absolute atomic E-state index is 0.204. The van der Waals surface area contributed by atoms with Gasteiger partial charge in [-0.3, -0.25) is 10.1 Å². The number of carbonyl (C=O) groups is 3. The van der Waals surface area contributed by atoms with Crippen molar-refractivity contribution in [1.82, 2.24) is 4.90 Å². The lowest BCUT2D eigenvalue weighted by Crippen LogP contribution is -2.45. The van der Waals surface area contributed by atoms with E-state index in [1.54, 1.807) is 29.2 Å². The Morgan fingerprint density at radius 2 is 1.96 bits per heavy atom. The van der Waals surface area contributed by atoms with Crippen LogP contribution < -0.4 is 10.6 Å². The van der Waals surface area contributed by atoms with Crippen molar-refractivity contribution in [2.75, 3.05) is 30.8 Å². The molecule has 2 N–H and O–H groups in total. The van der Waals surface area contributed by atoms with E-state index in [0.29, 0.717) is 30.8 Å². The monoisotopic (exact) mass is 387 g/mol. The molecule has 2 aromatic rings. The second kappa shape index (κ2) is 8.68. The zero-order valence-corrected chi connectivity index (χ0v) is 15.8. The third-order valence-corrected chi connectivity index (χ3v) is 5.21. The number of methoxy groups -OCH3 is 1. The molecule has 7 nitrogen and oxygen atoms in total. The molecule has 3 rings (SSSR count). The van der Waals surface area contributed by atoms with Crippen LogP contribution in [0.5, 0.6) is 0 Å². The number of thiophene rings is 1. The summed E-state index contributed by atoms with van der Waals surface area (Å²) in [6.07, 6.45) is 1.43. The van der Waals surface area contributed by atoms with Gasteiger partial charge in [-0.1, -0.05) is 12.1 Å². The number of urea groups is 1. The summed E-state index contributed by atoms with van der Waals surface area (Å²) in [4.78, 5) is 38.6. The number of anilines is 2. The number of amides is 3. The fourth-order valence-corrected chi connectivity index (χ4v) is 3.63. The number of nitrogens with zero attached hydrogens (tertiary/aromatic N) is 1. The molecule has 1 aliphatic heterocycles. The van der Waals surface area contributed by atoms with Crippen molar-refractivity contribution in [2.24, 2.45) is 5.92 Å². The summed E-state index contributed by atoms with van der Waals surface area (Å²) in [6.45, 7) is 0.948. The third-order valence-electron chi connectivity index (χ3n) is 4.42. The highest BCUT2D eigenvalue weighted by Gasteiger charge is 2.29. The number of hydrogen-bond donors (Lipinski definition) is 2. The normalized spacial score (nSPS) is 16.5. The summed E-state index contributed by atoms with van der Waals surface area (Å²) < 4.78 is 4.75. The largest absolute Gasteiger partial charge is 0.465 e. The summed E-state index contributed by atoms with van der Waals surface area (Å²) in [5.41, 5.74) is 0.714. The molecule has 8 heteroatoms. The lowest BCUT2D eigenvalue weighted by atomic mass is 9.97. The molecule has 2 heterocycles. The van der Waals surface area contributed by atoms with Gasteiger partial charge in [0.05, 0.1) is 29.3 Å². The maximum absolute atomic E-state index is 12.7. The summed E-state index contributed by atoms with van der Waals surface area (Å²) in [7, 11) is 1.30. The van der Waals surface area contributed by atoms with Crippen LogP contribution in [-0.2, 0) is 9.53 Å². The van der Waals surface area contributed by atoms with Crippen molar-refractivity contribution in [3.05, 3.63) is 47.3 Å². The van der Waals surface area contributed by atoms with E-state index in [9.17, 15) is 14.4 Å². The van der Waals surface area contributed by atoms with Crippen molar-refractivity contribution < 1.29 is 19.1 Å². The molecule has 1 aliphatic rings. The molecule has 0 radical (unpaired) electrons. The van der Waals surface area contributed by atoms with E-state index in [1.807, 2.05) is 17.5 Å². The van der Waals surface area contributed by atoms with Crippen LogP contribution in [0.4, 0.5) is 15.5 Å². The fourth-order valence-electron chi connectivity index (χ4n) is 3.02. The standard InChI is InChI=1S/C19H21N3O4S/c1-26-18(24)14-7-2-3-8-15(14)20-17(23)13-6-4-10-22(12-13)19(25)21-16-9-5-11-27-16/h2-3,5,7-9,11,13H,4,6,10,12H2,1H3,(H,20,23)(H,21,25). The van der Waals surface area contributed by atoms with Gasteiger partial charge >= 0.3 is 12.0 Å². The number of hydrogen-bond acceptors (Lipinski definition) is 5. The zero-order valence-electron chi connectivity index (χ0n) is 14.9. The van der Waals surface area contributed by atoms with E-state index in [2.05, 4.69) is 10.6 Å². The SMILES string of the molecule is COC(=O)c1ccccc1NC(=O)C1CCCN(C(=O)Nc2cccs2)C1. The molecule has 1 saturated heterocycles. The first-order valence-electron chi connectivity index (χ1n) is 8.66. The second-order valence-corrected chi connectivity index (χ2v) is 7.17. The van der Waals surface area contributed by atoms with Gasteiger partial charge in [-0.2, -0.15) is 0 Å². The van der Waals surface area contributed by atoms with E-state index in [4.69, 9.17) is 4.74 Å². The first kappa shape index (κ1) is 18.9. The molecule has 1 unspecified atom stereocenters.